The van der Waals surface area contributed by atoms with E-state index in [-0.39, 0.29) is 37.1 Å². The highest BCUT2D eigenvalue weighted by Crippen LogP contribution is 2.46. The second-order valence-electron chi connectivity index (χ2n) is 22.0. The van der Waals surface area contributed by atoms with E-state index in [1.807, 2.05) is 83.1 Å². The first-order valence-electron chi connectivity index (χ1n) is 20.5. The lowest BCUT2D eigenvalue weighted by atomic mass is 9.87. The van der Waals surface area contributed by atoms with Gasteiger partial charge in [0.25, 0.3) is 0 Å². The molecule has 6 atom stereocenters. The van der Waals surface area contributed by atoms with Crippen LogP contribution in [0, 0.1) is 23.7 Å². The van der Waals surface area contributed by atoms with Crippen LogP contribution >= 0.6 is 0 Å². The molecule has 56 heavy (non-hydrogen) atoms. The van der Waals surface area contributed by atoms with E-state index >= 15 is 0 Å². The highest BCUT2D eigenvalue weighted by molar-refractivity contribution is 5.77. The third-order valence-electron chi connectivity index (χ3n) is 13.2. The largest absolute Gasteiger partial charge is 0.461 e. The van der Waals surface area contributed by atoms with Crippen molar-refractivity contribution >= 4 is 23.9 Å². The minimum Gasteiger partial charge on any atom is -0.461 e. The standard InChI is InChI=1S/C42H74N4O10/c1-35(2)19-27(39(9,10)43-35)33(49)55-25(23-53-31(47)29-21-37(5,6)45(51)41(29,13)14)17-18-26(56-34(50)28-20-36(3,4)44-40(28,11)12)24-54-32(48)30-22-38(7,8)46(52)42(30,15)16/h25-30,43-44,51-52H,17-24H2,1-16H3. The van der Waals surface area contributed by atoms with Gasteiger partial charge in [-0.1, -0.05) is 0 Å². The van der Waals surface area contributed by atoms with Crippen LogP contribution in [0.15, 0.2) is 0 Å². The Morgan fingerprint density at radius 2 is 0.821 bits per heavy atom. The van der Waals surface area contributed by atoms with E-state index in [0.717, 1.165) is 0 Å². The van der Waals surface area contributed by atoms with Crippen LogP contribution in [0.4, 0.5) is 0 Å². The van der Waals surface area contributed by atoms with E-state index < -0.39 is 93.0 Å². The van der Waals surface area contributed by atoms with Crippen molar-refractivity contribution in [3.05, 3.63) is 0 Å². The number of nitrogens with one attached hydrogen (secondary N) is 2. The topological polar surface area (TPSA) is 176 Å². The van der Waals surface area contributed by atoms with E-state index in [1.54, 1.807) is 27.7 Å². The van der Waals surface area contributed by atoms with Crippen LogP contribution in [0.25, 0.3) is 0 Å². The average Bonchev–Trinajstić information content (AvgIpc) is 3.55. The van der Waals surface area contributed by atoms with Crippen LogP contribution in [0.1, 0.15) is 149 Å². The fourth-order valence-electron chi connectivity index (χ4n) is 10.3. The Hall–Kier alpha value is -2.36. The fourth-order valence-corrected chi connectivity index (χ4v) is 10.3. The summed E-state index contributed by atoms with van der Waals surface area (Å²) in [7, 11) is 0. The zero-order valence-corrected chi connectivity index (χ0v) is 37.2. The van der Waals surface area contributed by atoms with Gasteiger partial charge in [-0.15, -0.1) is 0 Å². The summed E-state index contributed by atoms with van der Waals surface area (Å²) in [6, 6.07) is 0. The quantitative estimate of drug-likeness (QED) is 0.135. The number of nitrogens with zero attached hydrogens (tertiary/aromatic N) is 2. The molecule has 14 nitrogen and oxygen atoms in total. The van der Waals surface area contributed by atoms with E-state index in [2.05, 4.69) is 10.6 Å². The fraction of sp³-hybridized carbons (Fsp3) is 0.905. The van der Waals surface area contributed by atoms with E-state index in [4.69, 9.17) is 18.9 Å². The van der Waals surface area contributed by atoms with Gasteiger partial charge in [-0.3, -0.25) is 19.2 Å². The summed E-state index contributed by atoms with van der Waals surface area (Å²) in [6.45, 7) is 30.1. The van der Waals surface area contributed by atoms with Crippen LogP contribution < -0.4 is 10.6 Å². The predicted molar refractivity (Wildman–Crippen MR) is 209 cm³/mol. The molecule has 0 spiro atoms. The lowest BCUT2D eigenvalue weighted by molar-refractivity contribution is -0.201. The van der Waals surface area contributed by atoms with Crippen molar-refractivity contribution in [3.8, 4) is 0 Å². The van der Waals surface area contributed by atoms with Crippen molar-refractivity contribution in [2.75, 3.05) is 13.2 Å². The molecule has 0 bridgehead atoms. The molecule has 4 rings (SSSR count). The van der Waals surface area contributed by atoms with Gasteiger partial charge in [0.05, 0.1) is 34.7 Å². The van der Waals surface area contributed by atoms with Gasteiger partial charge in [-0.05, 0) is 149 Å². The Kier molecular flexibility index (Phi) is 12.7. The molecule has 4 aliphatic heterocycles. The molecular weight excluding hydrogens is 720 g/mol. The molecule has 4 N–H and O–H groups in total. The van der Waals surface area contributed by atoms with Gasteiger partial charge >= 0.3 is 23.9 Å². The number of carbonyl (C=O) groups is 4. The van der Waals surface area contributed by atoms with Gasteiger partial charge in [0.1, 0.15) is 25.4 Å². The molecule has 0 aliphatic carbocycles. The molecule has 4 saturated heterocycles. The second-order valence-corrected chi connectivity index (χ2v) is 22.0. The number of ether oxygens (including phenoxy) is 4. The number of rotatable bonds is 13. The Labute approximate surface area is 335 Å². The predicted octanol–water partition coefficient (Wildman–Crippen LogP) is 5.55. The van der Waals surface area contributed by atoms with Crippen molar-refractivity contribution in [3.63, 3.8) is 0 Å². The van der Waals surface area contributed by atoms with Crippen LogP contribution in [0.3, 0.4) is 0 Å². The highest BCUT2D eigenvalue weighted by Gasteiger charge is 2.57. The number of hydroxylamine groups is 4. The second kappa shape index (κ2) is 15.3. The molecule has 0 aromatic carbocycles. The van der Waals surface area contributed by atoms with Gasteiger partial charge in [-0.2, -0.15) is 10.1 Å². The average molecular weight is 795 g/mol. The maximum absolute atomic E-state index is 13.9. The number of carbonyl (C=O) groups excluding carboxylic acids is 4. The third-order valence-corrected chi connectivity index (χ3v) is 13.2. The number of hydrogen-bond donors (Lipinski definition) is 4. The summed E-state index contributed by atoms with van der Waals surface area (Å²) in [6.07, 6.45) is 0.264. The lowest BCUT2D eigenvalue weighted by Crippen LogP contribution is -2.49. The first-order valence-corrected chi connectivity index (χ1v) is 20.5. The molecule has 322 valence electrons. The summed E-state index contributed by atoms with van der Waals surface area (Å²) in [5.74, 6) is -4.13. The third kappa shape index (κ3) is 9.73. The highest BCUT2D eigenvalue weighted by atomic mass is 16.6. The SMILES string of the molecule is CC1(C)CC(C(=O)OC(CCC(COC(=O)C2CC(C)(C)N(O)C2(C)C)OC(=O)C2CC(C)(C)NC2(C)C)COC(=O)C2CC(C)(C)N(O)C2(C)C)C(C)(C)N1. The van der Waals surface area contributed by atoms with Gasteiger partial charge in [0, 0.05) is 33.2 Å². The Bertz CT molecular complexity index is 1390. The molecule has 0 saturated carbocycles. The zero-order chi connectivity index (χ0) is 42.8. The summed E-state index contributed by atoms with van der Waals surface area (Å²) >= 11 is 0. The van der Waals surface area contributed by atoms with Crippen LogP contribution in [-0.4, -0.2) is 114 Å². The van der Waals surface area contributed by atoms with Crippen molar-refractivity contribution in [2.45, 2.75) is 206 Å². The van der Waals surface area contributed by atoms with E-state index in [9.17, 15) is 29.6 Å². The molecule has 0 radical (unpaired) electrons. The van der Waals surface area contributed by atoms with Crippen molar-refractivity contribution in [1.82, 2.24) is 20.8 Å². The lowest BCUT2D eigenvalue weighted by Gasteiger charge is -2.35. The normalized spacial score (nSPS) is 31.7. The number of hydrogen-bond acceptors (Lipinski definition) is 14. The van der Waals surface area contributed by atoms with E-state index in [1.165, 1.54) is 10.1 Å². The summed E-state index contributed by atoms with van der Waals surface area (Å²) in [4.78, 5) is 55.1. The molecule has 4 fully saturated rings. The van der Waals surface area contributed by atoms with Crippen molar-refractivity contribution < 1.29 is 48.5 Å². The molecule has 0 aromatic heterocycles. The first kappa shape index (κ1) is 46.3. The van der Waals surface area contributed by atoms with Gasteiger partial charge < -0.3 is 40.0 Å². The minimum absolute atomic E-state index is 0.133. The first-order chi connectivity index (χ1) is 25.2. The molecule has 0 aromatic rings. The van der Waals surface area contributed by atoms with E-state index in [0.29, 0.717) is 25.7 Å². The minimum atomic E-state index is -0.911. The monoisotopic (exact) mass is 795 g/mol. The summed E-state index contributed by atoms with van der Waals surface area (Å²) in [5, 5.41) is 31.1. The maximum Gasteiger partial charge on any atom is 0.311 e. The molecule has 4 aliphatic rings. The molecule has 6 unspecified atom stereocenters. The van der Waals surface area contributed by atoms with Gasteiger partial charge in [0.15, 0.2) is 0 Å². The van der Waals surface area contributed by atoms with Crippen molar-refractivity contribution in [1.29, 1.82) is 0 Å². The summed E-state index contributed by atoms with van der Waals surface area (Å²) < 4.78 is 24.1. The molecular formula is C42H74N4O10. The van der Waals surface area contributed by atoms with Gasteiger partial charge in [0.2, 0.25) is 0 Å². The maximum atomic E-state index is 13.9. The molecule has 0 amide bonds. The number of esters is 4. The summed E-state index contributed by atoms with van der Waals surface area (Å²) in [5.41, 5.74) is -4.81. The smallest absolute Gasteiger partial charge is 0.311 e. The van der Waals surface area contributed by atoms with Crippen LogP contribution in [0.5, 0.6) is 0 Å². The molecule has 4 heterocycles. The van der Waals surface area contributed by atoms with Gasteiger partial charge in [-0.25, -0.2) is 0 Å². The Morgan fingerprint density at radius 3 is 1.05 bits per heavy atom. The zero-order valence-electron chi connectivity index (χ0n) is 37.2. The van der Waals surface area contributed by atoms with Crippen LogP contribution in [0.2, 0.25) is 0 Å². The molecule has 14 heteroatoms. The Balaban J connectivity index is 1.56. The van der Waals surface area contributed by atoms with Crippen LogP contribution in [-0.2, 0) is 38.1 Å². The van der Waals surface area contributed by atoms with Crippen molar-refractivity contribution in [2.24, 2.45) is 23.7 Å². The Morgan fingerprint density at radius 1 is 0.518 bits per heavy atom.